The third-order valence-electron chi connectivity index (χ3n) is 3.84. The predicted molar refractivity (Wildman–Crippen MR) is 79.8 cm³/mol. The molecule has 0 atom stereocenters. The molecule has 2 N–H and O–H groups in total. The second-order valence-electron chi connectivity index (χ2n) is 6.54. The van der Waals surface area contributed by atoms with Gasteiger partial charge in [-0.15, -0.1) is 11.8 Å². The lowest BCUT2D eigenvalue weighted by atomic mass is 9.86. The smallest absolute Gasteiger partial charge is 0.137 e. The van der Waals surface area contributed by atoms with Crippen molar-refractivity contribution in [3.05, 3.63) is 0 Å². The molecule has 4 heteroatoms. The average Bonchev–Trinajstić information content (AvgIpc) is 2.27. The average molecular weight is 272 g/mol. The fraction of sp³-hybridized carbons (Fsp3) is 0.929. The normalized spacial score (nSPS) is 20.1. The highest BCUT2D eigenvalue weighted by Crippen LogP contribution is 2.31. The van der Waals surface area contributed by atoms with Crippen LogP contribution in [0, 0.1) is 5.92 Å². The summed E-state index contributed by atoms with van der Waals surface area (Å²) in [5.41, 5.74) is 5.56. The Morgan fingerprint density at radius 2 is 1.78 bits per heavy atom. The molecule has 1 saturated heterocycles. The van der Waals surface area contributed by atoms with Crippen molar-refractivity contribution in [1.29, 1.82) is 0 Å². The second kappa shape index (κ2) is 5.93. The number of nitrogens with two attached hydrogens (primary N) is 1. The summed E-state index contributed by atoms with van der Waals surface area (Å²) in [6, 6.07) is 0. The van der Waals surface area contributed by atoms with Crippen LogP contribution in [0.3, 0.4) is 0 Å². The molecule has 0 aromatic carbocycles. The summed E-state index contributed by atoms with van der Waals surface area (Å²) in [4.78, 5) is 14.8. The van der Waals surface area contributed by atoms with Gasteiger partial charge in [-0.05, 0) is 46.8 Å². The number of rotatable bonds is 5. The molecule has 1 rings (SSSR count). The minimum atomic E-state index is -0.368. The Morgan fingerprint density at radius 3 is 2.17 bits per heavy atom. The lowest BCUT2D eigenvalue weighted by molar-refractivity contribution is -0.125. The van der Waals surface area contributed by atoms with Crippen LogP contribution in [0.15, 0.2) is 0 Å². The van der Waals surface area contributed by atoms with Crippen molar-refractivity contribution in [3.8, 4) is 0 Å². The Bertz CT molecular complexity index is 289. The van der Waals surface area contributed by atoms with E-state index in [0.717, 1.165) is 25.9 Å². The Balaban J connectivity index is 2.47. The van der Waals surface area contributed by atoms with Crippen LogP contribution in [-0.4, -0.2) is 40.4 Å². The standard InChI is InChI=1S/C14H28N2OS/c1-13(2,15)10-12(17)11-6-8-16(9-7-11)14(3,4)18-5/h11H,6-10,15H2,1-5H3. The maximum atomic E-state index is 12.1. The molecular formula is C14H28N2OS. The molecule has 0 spiro atoms. The van der Waals surface area contributed by atoms with Crippen molar-refractivity contribution in [2.45, 2.75) is 57.4 Å². The number of likely N-dealkylation sites (tertiary alicyclic amines) is 1. The Kier molecular flexibility index (Phi) is 5.27. The van der Waals surface area contributed by atoms with Crippen LogP contribution >= 0.6 is 11.8 Å². The first kappa shape index (κ1) is 16.0. The minimum Gasteiger partial charge on any atom is -0.325 e. The first-order chi connectivity index (χ1) is 8.15. The zero-order valence-corrected chi connectivity index (χ0v) is 13.3. The van der Waals surface area contributed by atoms with Crippen molar-refractivity contribution in [2.75, 3.05) is 19.3 Å². The number of Topliss-reactive ketones (excluding diaryl/α,β-unsaturated/α-hetero) is 1. The van der Waals surface area contributed by atoms with Gasteiger partial charge < -0.3 is 5.73 Å². The molecule has 0 aromatic heterocycles. The zero-order valence-electron chi connectivity index (χ0n) is 12.5. The van der Waals surface area contributed by atoms with Gasteiger partial charge in [-0.25, -0.2) is 0 Å². The highest BCUT2D eigenvalue weighted by molar-refractivity contribution is 7.99. The van der Waals surface area contributed by atoms with Gasteiger partial charge in [-0.1, -0.05) is 0 Å². The summed E-state index contributed by atoms with van der Waals surface area (Å²) in [5, 5.41) is 0. The molecule has 1 aliphatic rings. The molecule has 1 fully saturated rings. The summed E-state index contributed by atoms with van der Waals surface area (Å²) < 4.78 is 0. The topological polar surface area (TPSA) is 46.3 Å². The number of nitrogens with zero attached hydrogens (tertiary/aromatic N) is 1. The highest BCUT2D eigenvalue weighted by Gasteiger charge is 2.33. The molecule has 0 saturated carbocycles. The van der Waals surface area contributed by atoms with Gasteiger partial charge in [0.1, 0.15) is 5.78 Å². The van der Waals surface area contributed by atoms with E-state index in [0.29, 0.717) is 12.2 Å². The van der Waals surface area contributed by atoms with Crippen LogP contribution in [0.2, 0.25) is 0 Å². The van der Waals surface area contributed by atoms with E-state index < -0.39 is 0 Å². The Morgan fingerprint density at radius 1 is 1.28 bits per heavy atom. The van der Waals surface area contributed by atoms with E-state index in [9.17, 15) is 4.79 Å². The number of carbonyl (C=O) groups excluding carboxylic acids is 1. The van der Waals surface area contributed by atoms with Gasteiger partial charge in [0.2, 0.25) is 0 Å². The number of hydrogen-bond donors (Lipinski definition) is 1. The van der Waals surface area contributed by atoms with Gasteiger partial charge in [-0.2, -0.15) is 0 Å². The van der Waals surface area contributed by atoms with E-state index in [1.54, 1.807) is 0 Å². The van der Waals surface area contributed by atoms with Gasteiger partial charge in [0.15, 0.2) is 0 Å². The van der Waals surface area contributed by atoms with Crippen LogP contribution < -0.4 is 5.73 Å². The molecule has 1 heterocycles. The predicted octanol–water partition coefficient (Wildman–Crippen LogP) is 2.49. The van der Waals surface area contributed by atoms with Crippen LogP contribution in [0.5, 0.6) is 0 Å². The third-order valence-corrected chi connectivity index (χ3v) is 5.10. The molecule has 106 valence electrons. The number of thioether (sulfide) groups is 1. The summed E-state index contributed by atoms with van der Waals surface area (Å²) in [6.07, 6.45) is 4.62. The van der Waals surface area contributed by atoms with E-state index in [-0.39, 0.29) is 16.3 Å². The summed E-state index contributed by atoms with van der Waals surface area (Å²) in [6.45, 7) is 10.4. The second-order valence-corrected chi connectivity index (χ2v) is 7.95. The number of carbonyl (C=O) groups is 1. The van der Waals surface area contributed by atoms with Gasteiger partial charge >= 0.3 is 0 Å². The first-order valence-electron chi connectivity index (χ1n) is 6.77. The van der Waals surface area contributed by atoms with Crippen molar-refractivity contribution in [3.63, 3.8) is 0 Å². The monoisotopic (exact) mass is 272 g/mol. The first-order valence-corrected chi connectivity index (χ1v) is 8.00. The maximum Gasteiger partial charge on any atom is 0.137 e. The molecule has 18 heavy (non-hydrogen) atoms. The molecule has 0 unspecified atom stereocenters. The molecule has 0 radical (unpaired) electrons. The highest BCUT2D eigenvalue weighted by atomic mass is 32.2. The van der Waals surface area contributed by atoms with Crippen LogP contribution in [0.1, 0.15) is 47.0 Å². The molecule has 1 aliphatic heterocycles. The Hall–Kier alpha value is -0.0600. The summed E-state index contributed by atoms with van der Waals surface area (Å²) in [5.74, 6) is 0.575. The molecule has 3 nitrogen and oxygen atoms in total. The fourth-order valence-corrected chi connectivity index (χ4v) is 2.90. The van der Waals surface area contributed by atoms with Crippen LogP contribution in [0.25, 0.3) is 0 Å². The SMILES string of the molecule is CSC(C)(C)N1CCC(C(=O)CC(C)(C)N)CC1. The molecule has 0 amide bonds. The molecule has 0 bridgehead atoms. The van der Waals surface area contributed by atoms with E-state index >= 15 is 0 Å². The van der Waals surface area contributed by atoms with E-state index in [1.165, 1.54) is 0 Å². The fourth-order valence-electron chi connectivity index (χ4n) is 2.46. The molecule has 0 aromatic rings. The van der Waals surface area contributed by atoms with Crippen molar-refractivity contribution in [1.82, 2.24) is 4.90 Å². The van der Waals surface area contributed by atoms with E-state index in [1.807, 2.05) is 25.6 Å². The molecular weight excluding hydrogens is 244 g/mol. The number of piperidine rings is 1. The number of hydrogen-bond acceptors (Lipinski definition) is 4. The lowest BCUT2D eigenvalue weighted by Gasteiger charge is -2.41. The minimum absolute atomic E-state index is 0.182. The van der Waals surface area contributed by atoms with Crippen molar-refractivity contribution in [2.24, 2.45) is 11.7 Å². The third kappa shape index (κ3) is 4.56. The van der Waals surface area contributed by atoms with E-state index in [4.69, 9.17) is 5.73 Å². The molecule has 0 aliphatic carbocycles. The van der Waals surface area contributed by atoms with Gasteiger partial charge in [0.05, 0.1) is 4.87 Å². The summed E-state index contributed by atoms with van der Waals surface area (Å²) in [7, 11) is 0. The quantitative estimate of drug-likeness (QED) is 0.835. The zero-order chi connectivity index (χ0) is 14.0. The Labute approximate surface area is 116 Å². The van der Waals surface area contributed by atoms with Gasteiger partial charge in [0, 0.05) is 31.0 Å². The summed E-state index contributed by atoms with van der Waals surface area (Å²) >= 11 is 1.87. The van der Waals surface area contributed by atoms with Gasteiger partial charge in [0.25, 0.3) is 0 Å². The maximum absolute atomic E-state index is 12.1. The van der Waals surface area contributed by atoms with Crippen molar-refractivity contribution < 1.29 is 4.79 Å². The van der Waals surface area contributed by atoms with E-state index in [2.05, 4.69) is 25.0 Å². The number of ketones is 1. The largest absolute Gasteiger partial charge is 0.325 e. The van der Waals surface area contributed by atoms with Gasteiger partial charge in [-0.3, -0.25) is 9.69 Å². The van der Waals surface area contributed by atoms with Crippen LogP contribution in [0.4, 0.5) is 0 Å². The van der Waals surface area contributed by atoms with Crippen LogP contribution in [-0.2, 0) is 4.79 Å². The van der Waals surface area contributed by atoms with Crippen molar-refractivity contribution >= 4 is 17.5 Å². The lowest BCUT2D eigenvalue weighted by Crippen LogP contribution is -2.47.